The molecule has 0 saturated carbocycles. The predicted octanol–water partition coefficient (Wildman–Crippen LogP) is 1.14. The topological polar surface area (TPSA) is 67.2 Å². The molecule has 5 rings (SSSR count). The van der Waals surface area contributed by atoms with Gasteiger partial charge in [0.15, 0.2) is 0 Å². The van der Waals surface area contributed by atoms with E-state index in [2.05, 4.69) is 20.2 Å². The Morgan fingerprint density at radius 2 is 2.04 bits per heavy atom. The summed E-state index contributed by atoms with van der Waals surface area (Å²) in [6.45, 7) is 3.50. The van der Waals surface area contributed by atoms with Gasteiger partial charge >= 0.3 is 0 Å². The summed E-state index contributed by atoms with van der Waals surface area (Å²) in [6.07, 6.45) is 1.20. The summed E-state index contributed by atoms with van der Waals surface area (Å²) in [6, 6.07) is 11.5. The van der Waals surface area contributed by atoms with Crippen LogP contribution in [0.15, 0.2) is 30.3 Å². The predicted molar refractivity (Wildman–Crippen MR) is 87.1 cm³/mol. The lowest BCUT2D eigenvalue weighted by Crippen LogP contribution is -2.46. The van der Waals surface area contributed by atoms with Crippen LogP contribution in [-0.4, -0.2) is 53.2 Å². The Bertz CT molecular complexity index is 698. The first kappa shape index (κ1) is 13.3. The number of rotatable bonds is 4. The molecule has 120 valence electrons. The van der Waals surface area contributed by atoms with E-state index in [9.17, 15) is 0 Å². The maximum atomic E-state index is 5.36. The molecule has 2 aromatic rings. The highest BCUT2D eigenvalue weighted by Crippen LogP contribution is 2.32. The molecule has 0 spiro atoms. The number of aromatic nitrogens is 3. The first-order chi connectivity index (χ1) is 11.4. The van der Waals surface area contributed by atoms with Crippen molar-refractivity contribution in [1.82, 2.24) is 20.1 Å². The maximum absolute atomic E-state index is 5.36. The van der Waals surface area contributed by atoms with E-state index in [1.54, 1.807) is 0 Å². The first-order valence-electron chi connectivity index (χ1n) is 8.23. The fourth-order valence-electron chi connectivity index (χ4n) is 3.63. The second-order valence-corrected chi connectivity index (χ2v) is 6.51. The summed E-state index contributed by atoms with van der Waals surface area (Å²) in [5, 5.41) is 11.6. The lowest BCUT2D eigenvalue weighted by Gasteiger charge is -2.32. The van der Waals surface area contributed by atoms with Crippen molar-refractivity contribution < 1.29 is 4.74 Å². The van der Waals surface area contributed by atoms with E-state index in [-0.39, 0.29) is 0 Å². The van der Waals surface area contributed by atoms with Gasteiger partial charge in [-0.25, -0.2) is 4.68 Å². The molecule has 3 fully saturated rings. The summed E-state index contributed by atoms with van der Waals surface area (Å²) in [5.41, 5.74) is 1.01. The van der Waals surface area contributed by atoms with Crippen LogP contribution in [0.4, 0.5) is 17.6 Å². The van der Waals surface area contributed by atoms with Gasteiger partial charge in [-0.15, -0.1) is 5.10 Å². The molecular weight excluding hydrogens is 292 g/mol. The number of ether oxygens (including phenoxy) is 1. The summed E-state index contributed by atoms with van der Waals surface area (Å²) < 4.78 is 7.41. The molecule has 1 aromatic heterocycles. The third-order valence-electron chi connectivity index (χ3n) is 4.92. The van der Waals surface area contributed by atoms with Gasteiger partial charge in [0.2, 0.25) is 11.9 Å². The molecule has 3 saturated heterocycles. The van der Waals surface area contributed by atoms with Crippen molar-refractivity contribution >= 4 is 17.6 Å². The van der Waals surface area contributed by atoms with E-state index in [0.717, 1.165) is 37.9 Å². The normalized spacial score (nSPS) is 26.5. The molecule has 2 N–H and O–H groups in total. The van der Waals surface area contributed by atoms with Crippen LogP contribution in [0.1, 0.15) is 12.5 Å². The summed E-state index contributed by atoms with van der Waals surface area (Å²) >= 11 is 0. The van der Waals surface area contributed by atoms with Gasteiger partial charge in [-0.3, -0.25) is 0 Å². The van der Waals surface area contributed by atoms with Crippen LogP contribution >= 0.6 is 0 Å². The molecule has 0 aliphatic carbocycles. The van der Waals surface area contributed by atoms with Gasteiger partial charge in [-0.05, 0) is 18.6 Å². The Morgan fingerprint density at radius 1 is 1.17 bits per heavy atom. The number of benzene rings is 1. The molecule has 2 bridgehead atoms. The van der Waals surface area contributed by atoms with Crippen LogP contribution in [0.2, 0.25) is 0 Å². The van der Waals surface area contributed by atoms with Crippen molar-refractivity contribution in [2.75, 3.05) is 36.5 Å². The zero-order chi connectivity index (χ0) is 15.2. The van der Waals surface area contributed by atoms with E-state index in [1.807, 2.05) is 30.3 Å². The fourth-order valence-corrected chi connectivity index (χ4v) is 3.63. The highest BCUT2D eigenvalue weighted by Gasteiger charge is 2.41. The Hall–Kier alpha value is -2.12. The minimum absolute atomic E-state index is 0.302. The quantitative estimate of drug-likeness (QED) is 0.883. The van der Waals surface area contributed by atoms with E-state index in [4.69, 9.17) is 14.8 Å². The monoisotopic (exact) mass is 312 g/mol. The minimum Gasteiger partial charge on any atom is -0.377 e. The number of fused-ring (bicyclic) bond motifs is 2. The van der Waals surface area contributed by atoms with E-state index < -0.39 is 0 Å². The molecule has 4 heterocycles. The van der Waals surface area contributed by atoms with Gasteiger partial charge in [0.05, 0.1) is 13.2 Å². The maximum Gasteiger partial charge on any atom is 0.248 e. The lowest BCUT2D eigenvalue weighted by atomic mass is 10.2. The van der Waals surface area contributed by atoms with Crippen molar-refractivity contribution in [3.8, 4) is 0 Å². The zero-order valence-corrected chi connectivity index (χ0v) is 12.9. The molecule has 0 radical (unpaired) electrons. The van der Waals surface area contributed by atoms with Crippen LogP contribution in [-0.2, 0) is 4.74 Å². The highest BCUT2D eigenvalue weighted by atomic mass is 16.5. The van der Waals surface area contributed by atoms with Crippen molar-refractivity contribution in [3.63, 3.8) is 0 Å². The standard InChI is InChI=1S/C16H20N6O/c1-2-4-11(5-3-1)18-15-19-16(22(20-15)14-9-23-10-14)21-8-12-6-13(21)7-17-12/h1-5,12-14,17H,6-10H2,(H,18,20). The van der Waals surface area contributed by atoms with E-state index in [0.29, 0.717) is 24.1 Å². The van der Waals surface area contributed by atoms with Gasteiger partial charge in [-0.1, -0.05) is 18.2 Å². The van der Waals surface area contributed by atoms with Gasteiger partial charge in [-0.2, -0.15) is 4.98 Å². The number of hydrogen-bond donors (Lipinski definition) is 2. The Morgan fingerprint density at radius 3 is 2.70 bits per heavy atom. The van der Waals surface area contributed by atoms with Crippen molar-refractivity contribution in [2.24, 2.45) is 0 Å². The second-order valence-electron chi connectivity index (χ2n) is 6.51. The van der Waals surface area contributed by atoms with Gasteiger partial charge in [0, 0.05) is 30.9 Å². The SMILES string of the molecule is c1ccc(Nc2nc(N3CC4CC3CN4)n(C3COC3)n2)cc1. The zero-order valence-electron chi connectivity index (χ0n) is 12.9. The molecule has 2 atom stereocenters. The Balaban J connectivity index is 1.46. The van der Waals surface area contributed by atoms with Crippen molar-refractivity contribution in [2.45, 2.75) is 24.5 Å². The van der Waals surface area contributed by atoms with E-state index in [1.165, 1.54) is 6.42 Å². The van der Waals surface area contributed by atoms with Crippen LogP contribution in [0.3, 0.4) is 0 Å². The van der Waals surface area contributed by atoms with Gasteiger partial charge < -0.3 is 20.3 Å². The van der Waals surface area contributed by atoms with E-state index >= 15 is 0 Å². The average molecular weight is 312 g/mol. The number of nitrogens with one attached hydrogen (secondary N) is 2. The van der Waals surface area contributed by atoms with Crippen LogP contribution < -0.4 is 15.5 Å². The third kappa shape index (κ3) is 2.27. The highest BCUT2D eigenvalue weighted by molar-refractivity contribution is 5.54. The number of para-hydroxylation sites is 1. The smallest absolute Gasteiger partial charge is 0.248 e. The van der Waals surface area contributed by atoms with Crippen molar-refractivity contribution in [1.29, 1.82) is 0 Å². The van der Waals surface area contributed by atoms with Crippen molar-refractivity contribution in [3.05, 3.63) is 30.3 Å². The Labute approximate surface area is 134 Å². The number of nitrogens with zero attached hydrogens (tertiary/aromatic N) is 4. The average Bonchev–Trinajstić information content (AvgIpc) is 3.22. The van der Waals surface area contributed by atoms with Crippen LogP contribution in [0.25, 0.3) is 0 Å². The molecule has 7 heteroatoms. The number of anilines is 3. The van der Waals surface area contributed by atoms with Gasteiger partial charge in [0.25, 0.3) is 0 Å². The fraction of sp³-hybridized carbons (Fsp3) is 0.500. The molecule has 1 aromatic carbocycles. The third-order valence-corrected chi connectivity index (χ3v) is 4.92. The summed E-state index contributed by atoms with van der Waals surface area (Å²) in [5.74, 6) is 1.64. The largest absolute Gasteiger partial charge is 0.377 e. The lowest BCUT2D eigenvalue weighted by molar-refractivity contribution is -0.0280. The number of piperazine rings is 1. The number of hydrogen-bond acceptors (Lipinski definition) is 6. The molecule has 0 amide bonds. The first-order valence-corrected chi connectivity index (χ1v) is 8.23. The molecular formula is C16H20N6O. The molecule has 2 unspecified atom stereocenters. The van der Waals surface area contributed by atoms with Gasteiger partial charge in [0.1, 0.15) is 6.04 Å². The summed E-state index contributed by atoms with van der Waals surface area (Å²) in [7, 11) is 0. The minimum atomic E-state index is 0.302. The summed E-state index contributed by atoms with van der Waals surface area (Å²) in [4.78, 5) is 7.20. The molecule has 7 nitrogen and oxygen atoms in total. The van der Waals surface area contributed by atoms with Crippen LogP contribution in [0.5, 0.6) is 0 Å². The molecule has 3 aliphatic rings. The second kappa shape index (κ2) is 5.21. The van der Waals surface area contributed by atoms with Crippen LogP contribution in [0, 0.1) is 0 Å². The molecule has 23 heavy (non-hydrogen) atoms. The Kier molecular flexibility index (Phi) is 3.02. The molecule has 3 aliphatic heterocycles.